The number of hydrogen-bond acceptors (Lipinski definition) is 5. The van der Waals surface area contributed by atoms with Crippen molar-refractivity contribution in [2.24, 2.45) is 5.10 Å². The fourth-order valence-electron chi connectivity index (χ4n) is 1.84. The van der Waals surface area contributed by atoms with Gasteiger partial charge in [-0.3, -0.25) is 5.43 Å². The van der Waals surface area contributed by atoms with Crippen molar-refractivity contribution in [1.29, 1.82) is 0 Å². The van der Waals surface area contributed by atoms with Crippen LogP contribution in [0.25, 0.3) is 10.2 Å². The molecule has 0 saturated carbocycles. The van der Waals surface area contributed by atoms with Gasteiger partial charge < -0.3 is 0 Å². The van der Waals surface area contributed by atoms with Crippen molar-refractivity contribution in [1.82, 2.24) is 9.97 Å². The highest BCUT2D eigenvalue weighted by molar-refractivity contribution is 7.17. The monoisotopic (exact) mass is 302 g/mol. The Bertz CT molecular complexity index is 782. The molecule has 3 aromatic rings. The molecule has 0 aliphatic carbocycles. The largest absolute Gasteiger partial charge is 0.261 e. The van der Waals surface area contributed by atoms with Crippen LogP contribution < -0.4 is 5.43 Å². The smallest absolute Gasteiger partial charge is 0.158 e. The van der Waals surface area contributed by atoms with E-state index in [0.717, 1.165) is 21.3 Å². The Balaban J connectivity index is 1.87. The number of nitrogens with zero attached hydrogens (tertiary/aromatic N) is 3. The number of hydrazone groups is 1. The van der Waals surface area contributed by atoms with Crippen LogP contribution in [-0.2, 0) is 0 Å². The molecule has 0 bridgehead atoms. The van der Waals surface area contributed by atoms with Crippen molar-refractivity contribution in [2.75, 3.05) is 5.43 Å². The van der Waals surface area contributed by atoms with Crippen LogP contribution in [0.2, 0.25) is 5.02 Å². The molecule has 1 aromatic carbocycles. The van der Waals surface area contributed by atoms with E-state index < -0.39 is 0 Å². The molecule has 3 rings (SSSR count). The molecule has 2 aromatic heterocycles. The molecule has 0 amide bonds. The summed E-state index contributed by atoms with van der Waals surface area (Å²) in [5, 5.41) is 7.93. The van der Waals surface area contributed by atoms with Crippen LogP contribution in [-0.4, -0.2) is 16.2 Å². The molecular formula is C14H11ClN4S. The molecule has 0 aliphatic rings. The van der Waals surface area contributed by atoms with E-state index in [-0.39, 0.29) is 0 Å². The lowest BCUT2D eigenvalue weighted by Crippen LogP contribution is -1.95. The summed E-state index contributed by atoms with van der Waals surface area (Å²) < 4.78 is 0. The first-order valence-electron chi connectivity index (χ1n) is 5.98. The second kappa shape index (κ2) is 5.56. The summed E-state index contributed by atoms with van der Waals surface area (Å²) in [4.78, 5) is 9.42. The number of anilines is 1. The van der Waals surface area contributed by atoms with E-state index >= 15 is 0 Å². The third kappa shape index (κ3) is 2.50. The van der Waals surface area contributed by atoms with Gasteiger partial charge in [-0.2, -0.15) is 5.10 Å². The molecular weight excluding hydrogens is 292 g/mol. The minimum atomic E-state index is 0.664. The molecule has 2 heterocycles. The Morgan fingerprint density at radius 3 is 3.00 bits per heavy atom. The van der Waals surface area contributed by atoms with Gasteiger partial charge in [0.15, 0.2) is 5.82 Å². The standard InChI is InChI=1S/C14H11ClN4S/c1-9-7-20-14-12(9)13(16-8-17-14)19-18-6-10-4-2-3-5-11(10)15/h2-8H,1H3,(H,16,17,19). The van der Waals surface area contributed by atoms with Crippen LogP contribution in [0.3, 0.4) is 0 Å². The first kappa shape index (κ1) is 13.0. The number of hydrogen-bond donors (Lipinski definition) is 1. The van der Waals surface area contributed by atoms with Gasteiger partial charge in [0.1, 0.15) is 11.2 Å². The van der Waals surface area contributed by atoms with Crippen LogP contribution >= 0.6 is 22.9 Å². The molecule has 6 heteroatoms. The van der Waals surface area contributed by atoms with E-state index in [2.05, 4.69) is 25.9 Å². The van der Waals surface area contributed by atoms with Gasteiger partial charge in [0.05, 0.1) is 11.6 Å². The lowest BCUT2D eigenvalue weighted by atomic mass is 10.2. The Labute approximate surface area is 125 Å². The molecule has 100 valence electrons. The van der Waals surface area contributed by atoms with Gasteiger partial charge in [0.25, 0.3) is 0 Å². The molecule has 0 unspecified atom stereocenters. The normalized spacial score (nSPS) is 11.3. The second-order valence-electron chi connectivity index (χ2n) is 4.21. The lowest BCUT2D eigenvalue weighted by Gasteiger charge is -2.02. The van der Waals surface area contributed by atoms with Gasteiger partial charge in [0, 0.05) is 10.6 Å². The fraction of sp³-hybridized carbons (Fsp3) is 0.0714. The van der Waals surface area contributed by atoms with E-state index in [1.54, 1.807) is 17.6 Å². The Morgan fingerprint density at radius 2 is 2.15 bits per heavy atom. The highest BCUT2D eigenvalue weighted by atomic mass is 35.5. The van der Waals surface area contributed by atoms with Crippen LogP contribution in [0.5, 0.6) is 0 Å². The zero-order valence-corrected chi connectivity index (χ0v) is 12.2. The average molecular weight is 303 g/mol. The van der Waals surface area contributed by atoms with E-state index in [1.165, 1.54) is 6.33 Å². The van der Waals surface area contributed by atoms with Gasteiger partial charge in [-0.1, -0.05) is 29.8 Å². The van der Waals surface area contributed by atoms with E-state index in [4.69, 9.17) is 11.6 Å². The quantitative estimate of drug-likeness (QED) is 0.585. The number of nitrogens with one attached hydrogen (secondary N) is 1. The molecule has 20 heavy (non-hydrogen) atoms. The number of rotatable bonds is 3. The summed E-state index contributed by atoms with van der Waals surface area (Å²) in [6.45, 7) is 2.03. The zero-order chi connectivity index (χ0) is 13.9. The molecule has 0 atom stereocenters. The van der Waals surface area contributed by atoms with Crippen LogP contribution in [0, 0.1) is 6.92 Å². The van der Waals surface area contributed by atoms with Crippen molar-refractivity contribution in [3.63, 3.8) is 0 Å². The topological polar surface area (TPSA) is 50.2 Å². The van der Waals surface area contributed by atoms with Crippen LogP contribution in [0.4, 0.5) is 5.82 Å². The Morgan fingerprint density at radius 1 is 1.30 bits per heavy atom. The highest BCUT2D eigenvalue weighted by Gasteiger charge is 2.07. The average Bonchev–Trinajstić information content (AvgIpc) is 2.84. The summed E-state index contributed by atoms with van der Waals surface area (Å²) in [5.41, 5.74) is 4.95. The minimum Gasteiger partial charge on any atom is -0.261 e. The zero-order valence-electron chi connectivity index (χ0n) is 10.7. The first-order valence-corrected chi connectivity index (χ1v) is 7.24. The van der Waals surface area contributed by atoms with Gasteiger partial charge in [-0.15, -0.1) is 11.3 Å². The second-order valence-corrected chi connectivity index (χ2v) is 5.48. The third-order valence-corrected chi connectivity index (χ3v) is 4.18. The summed E-state index contributed by atoms with van der Waals surface area (Å²) in [6.07, 6.45) is 3.21. The SMILES string of the molecule is Cc1csc2ncnc(NN=Cc3ccccc3Cl)c12. The summed E-state index contributed by atoms with van der Waals surface area (Å²) >= 11 is 7.66. The maximum absolute atomic E-state index is 6.07. The third-order valence-electron chi connectivity index (χ3n) is 2.83. The number of thiophene rings is 1. The van der Waals surface area contributed by atoms with Crippen molar-refractivity contribution in [3.8, 4) is 0 Å². The van der Waals surface area contributed by atoms with Crippen molar-refractivity contribution in [2.45, 2.75) is 6.92 Å². The van der Waals surface area contributed by atoms with Gasteiger partial charge in [0.2, 0.25) is 0 Å². The maximum atomic E-state index is 6.07. The van der Waals surface area contributed by atoms with Gasteiger partial charge in [-0.25, -0.2) is 9.97 Å². The minimum absolute atomic E-state index is 0.664. The highest BCUT2D eigenvalue weighted by Crippen LogP contribution is 2.28. The van der Waals surface area contributed by atoms with Crippen molar-refractivity contribution < 1.29 is 0 Å². The maximum Gasteiger partial charge on any atom is 0.158 e. The molecule has 0 aliphatic heterocycles. The van der Waals surface area contributed by atoms with Crippen molar-refractivity contribution >= 4 is 45.2 Å². The molecule has 0 fully saturated rings. The van der Waals surface area contributed by atoms with Crippen LogP contribution in [0.1, 0.15) is 11.1 Å². The lowest BCUT2D eigenvalue weighted by molar-refractivity contribution is 1.19. The molecule has 0 spiro atoms. The van der Waals surface area contributed by atoms with E-state index in [1.807, 2.05) is 31.2 Å². The first-order chi connectivity index (χ1) is 9.75. The van der Waals surface area contributed by atoms with E-state index in [0.29, 0.717) is 10.8 Å². The molecule has 0 radical (unpaired) electrons. The van der Waals surface area contributed by atoms with Gasteiger partial charge >= 0.3 is 0 Å². The van der Waals surface area contributed by atoms with Crippen LogP contribution in [0.15, 0.2) is 41.1 Å². The summed E-state index contributed by atoms with van der Waals surface area (Å²) in [7, 11) is 0. The Hall–Kier alpha value is -1.98. The van der Waals surface area contributed by atoms with Crippen molar-refractivity contribution in [3.05, 3.63) is 52.1 Å². The fourth-order valence-corrected chi connectivity index (χ4v) is 2.92. The predicted octanol–water partition coefficient (Wildman–Crippen LogP) is 4.10. The van der Waals surface area contributed by atoms with Gasteiger partial charge in [-0.05, 0) is 23.9 Å². The molecule has 4 nitrogen and oxygen atoms in total. The number of aromatic nitrogens is 2. The number of aryl methyl sites for hydroxylation is 1. The molecule has 0 saturated heterocycles. The number of fused-ring (bicyclic) bond motifs is 1. The molecule has 1 N–H and O–H groups in total. The predicted molar refractivity (Wildman–Crippen MR) is 84.8 cm³/mol. The Kier molecular flexibility index (Phi) is 3.62. The van der Waals surface area contributed by atoms with E-state index in [9.17, 15) is 0 Å². The summed E-state index contributed by atoms with van der Waals surface area (Å²) in [5.74, 6) is 0.706. The summed E-state index contributed by atoms with van der Waals surface area (Å²) in [6, 6.07) is 7.53. The number of benzene rings is 1. The number of halogens is 1.